The van der Waals surface area contributed by atoms with Crippen LogP contribution >= 0.6 is 11.6 Å². The summed E-state index contributed by atoms with van der Waals surface area (Å²) in [5, 5.41) is 12.1. The highest BCUT2D eigenvalue weighted by molar-refractivity contribution is 6.30. The van der Waals surface area contributed by atoms with Crippen molar-refractivity contribution in [1.82, 2.24) is 4.90 Å². The van der Waals surface area contributed by atoms with Gasteiger partial charge in [0, 0.05) is 24.5 Å². The molecule has 1 fully saturated rings. The topological polar surface area (TPSA) is 23.5 Å². The second-order valence-corrected chi connectivity index (χ2v) is 8.44. The van der Waals surface area contributed by atoms with Crippen LogP contribution in [-0.4, -0.2) is 23.1 Å². The van der Waals surface area contributed by atoms with E-state index in [1.54, 1.807) is 0 Å². The number of terminal acetylenes is 1. The van der Waals surface area contributed by atoms with Gasteiger partial charge >= 0.3 is 0 Å². The van der Waals surface area contributed by atoms with Crippen molar-refractivity contribution in [2.45, 2.75) is 30.4 Å². The van der Waals surface area contributed by atoms with Gasteiger partial charge in [-0.3, -0.25) is 4.90 Å². The number of hydrogen-bond donors (Lipinski definition) is 1. The van der Waals surface area contributed by atoms with Gasteiger partial charge < -0.3 is 5.11 Å². The smallest absolute Gasteiger partial charge is 0.0920 e. The molecule has 0 radical (unpaired) electrons. The van der Waals surface area contributed by atoms with Gasteiger partial charge in [-0.15, -0.1) is 12.3 Å². The molecule has 2 nitrogen and oxygen atoms in total. The normalized spacial score (nSPS) is 16.7. The van der Waals surface area contributed by atoms with E-state index in [2.05, 4.69) is 59.4 Å². The van der Waals surface area contributed by atoms with Crippen molar-refractivity contribution in [2.75, 3.05) is 13.1 Å². The first-order valence-electron chi connectivity index (χ1n) is 10.4. The maximum atomic E-state index is 11.4. The number of rotatable bonds is 5. The molecule has 0 amide bonds. The third-order valence-corrected chi connectivity index (χ3v) is 6.62. The van der Waals surface area contributed by atoms with E-state index in [0.29, 0.717) is 24.3 Å². The first-order chi connectivity index (χ1) is 14.6. The molecule has 152 valence electrons. The Kier molecular flexibility index (Phi) is 5.97. The van der Waals surface area contributed by atoms with Gasteiger partial charge in [-0.2, -0.15) is 0 Å². The number of piperidine rings is 1. The van der Waals surface area contributed by atoms with Gasteiger partial charge in [-0.25, -0.2) is 0 Å². The minimum Gasteiger partial charge on any atom is -0.385 e. The Labute approximate surface area is 184 Å². The van der Waals surface area contributed by atoms with E-state index in [1.807, 2.05) is 36.4 Å². The zero-order valence-electron chi connectivity index (χ0n) is 17.0. The molecule has 0 aliphatic carbocycles. The quantitative estimate of drug-likeness (QED) is 0.549. The lowest BCUT2D eigenvalue weighted by atomic mass is 9.75. The number of aliphatic hydroxyl groups is 1. The lowest BCUT2D eigenvalue weighted by molar-refractivity contribution is -0.0490. The number of likely N-dealkylation sites (tertiary alicyclic amines) is 1. The fourth-order valence-electron chi connectivity index (χ4n) is 4.73. The summed E-state index contributed by atoms with van der Waals surface area (Å²) in [4.78, 5) is 2.45. The Morgan fingerprint density at radius 3 is 1.83 bits per heavy atom. The molecule has 3 aromatic rings. The number of halogens is 1. The Morgan fingerprint density at radius 2 is 1.37 bits per heavy atom. The number of nitrogens with zero attached hydrogens (tertiary/aromatic N) is 1. The zero-order valence-corrected chi connectivity index (χ0v) is 17.7. The van der Waals surface area contributed by atoms with Crippen LogP contribution in [0.2, 0.25) is 5.02 Å². The molecule has 30 heavy (non-hydrogen) atoms. The molecular formula is C27H26ClNO. The van der Waals surface area contributed by atoms with Gasteiger partial charge in [0.1, 0.15) is 0 Å². The monoisotopic (exact) mass is 415 g/mol. The maximum Gasteiger partial charge on any atom is 0.0920 e. The van der Waals surface area contributed by atoms with Crippen molar-refractivity contribution in [1.29, 1.82) is 0 Å². The van der Waals surface area contributed by atoms with Crippen molar-refractivity contribution >= 4 is 11.6 Å². The van der Waals surface area contributed by atoms with Gasteiger partial charge in [0.25, 0.3) is 0 Å². The van der Waals surface area contributed by atoms with Gasteiger partial charge in [0.05, 0.1) is 11.1 Å². The molecule has 0 saturated carbocycles. The third-order valence-electron chi connectivity index (χ3n) is 6.37. The molecule has 1 heterocycles. The van der Waals surface area contributed by atoms with Crippen LogP contribution < -0.4 is 0 Å². The summed E-state index contributed by atoms with van der Waals surface area (Å²) in [6.07, 6.45) is 7.76. The molecule has 1 aliphatic heterocycles. The molecule has 0 spiro atoms. The fourth-order valence-corrected chi connectivity index (χ4v) is 4.86. The van der Waals surface area contributed by atoms with Crippen molar-refractivity contribution in [3.8, 4) is 12.3 Å². The molecule has 4 rings (SSSR count). The highest BCUT2D eigenvalue weighted by Gasteiger charge is 2.44. The van der Waals surface area contributed by atoms with Crippen LogP contribution in [-0.2, 0) is 11.1 Å². The summed E-state index contributed by atoms with van der Waals surface area (Å²) in [7, 11) is 0. The van der Waals surface area contributed by atoms with Crippen LogP contribution in [0, 0.1) is 12.3 Å². The first kappa shape index (κ1) is 20.7. The number of hydrogen-bond acceptors (Lipinski definition) is 2. The lowest BCUT2D eigenvalue weighted by Gasteiger charge is -2.49. The highest BCUT2D eigenvalue weighted by Crippen LogP contribution is 2.43. The van der Waals surface area contributed by atoms with E-state index >= 15 is 0 Å². The van der Waals surface area contributed by atoms with E-state index in [4.69, 9.17) is 18.0 Å². The first-order valence-corrected chi connectivity index (χ1v) is 10.7. The predicted molar refractivity (Wildman–Crippen MR) is 123 cm³/mol. The van der Waals surface area contributed by atoms with Crippen LogP contribution in [0.3, 0.4) is 0 Å². The molecule has 0 atom stereocenters. The average Bonchev–Trinajstić information content (AvgIpc) is 2.80. The van der Waals surface area contributed by atoms with Crippen LogP contribution in [0.25, 0.3) is 0 Å². The van der Waals surface area contributed by atoms with Crippen molar-refractivity contribution < 1.29 is 5.11 Å². The van der Waals surface area contributed by atoms with Crippen LogP contribution in [0.4, 0.5) is 0 Å². The third kappa shape index (κ3) is 3.77. The molecule has 0 aromatic heterocycles. The average molecular weight is 416 g/mol. The molecular weight excluding hydrogens is 390 g/mol. The van der Waals surface area contributed by atoms with Crippen LogP contribution in [0.15, 0.2) is 84.9 Å². The molecule has 1 saturated heterocycles. The number of benzene rings is 3. The summed E-state index contributed by atoms with van der Waals surface area (Å²) in [5.74, 6) is 2.94. The highest BCUT2D eigenvalue weighted by atomic mass is 35.5. The molecule has 1 N–H and O–H groups in total. The second-order valence-electron chi connectivity index (χ2n) is 8.00. The maximum absolute atomic E-state index is 11.4. The van der Waals surface area contributed by atoms with Gasteiger partial charge in [0.15, 0.2) is 0 Å². The summed E-state index contributed by atoms with van der Waals surface area (Å²) < 4.78 is 0. The van der Waals surface area contributed by atoms with E-state index in [1.165, 1.54) is 11.1 Å². The predicted octanol–water partition coefficient (Wildman–Crippen LogP) is 5.59. The van der Waals surface area contributed by atoms with Crippen molar-refractivity contribution in [3.05, 3.63) is 107 Å². The molecule has 0 unspecified atom stereocenters. The fraction of sp³-hybridized carbons (Fsp3) is 0.259. The molecule has 1 aliphatic rings. The molecule has 3 heteroatoms. The Morgan fingerprint density at radius 1 is 0.867 bits per heavy atom. The minimum absolute atomic E-state index is 0.418. The lowest BCUT2D eigenvalue weighted by Crippen LogP contribution is -2.53. The summed E-state index contributed by atoms with van der Waals surface area (Å²) >= 11 is 6.04. The largest absolute Gasteiger partial charge is 0.385 e. The zero-order chi connectivity index (χ0) is 21.0. The SMILES string of the molecule is C#CCC(c1ccccc1)(c1ccccc1)N1CCC(O)(c2ccc(Cl)cc2)CC1. The van der Waals surface area contributed by atoms with E-state index in [0.717, 1.165) is 18.7 Å². The molecule has 0 bridgehead atoms. The summed E-state index contributed by atoms with van der Waals surface area (Å²) in [5.41, 5.74) is 2.03. The Balaban J connectivity index is 1.71. The van der Waals surface area contributed by atoms with Gasteiger partial charge in [-0.1, -0.05) is 84.4 Å². The van der Waals surface area contributed by atoms with Gasteiger partial charge in [-0.05, 0) is 41.7 Å². The second kappa shape index (κ2) is 8.66. The van der Waals surface area contributed by atoms with E-state index in [9.17, 15) is 5.11 Å². The summed E-state index contributed by atoms with van der Waals surface area (Å²) in [6.45, 7) is 1.48. The van der Waals surface area contributed by atoms with Crippen molar-refractivity contribution in [3.63, 3.8) is 0 Å². The van der Waals surface area contributed by atoms with Crippen molar-refractivity contribution in [2.24, 2.45) is 0 Å². The van der Waals surface area contributed by atoms with Crippen LogP contribution in [0.5, 0.6) is 0 Å². The minimum atomic E-state index is -0.851. The Bertz CT molecular complexity index is 961. The van der Waals surface area contributed by atoms with E-state index < -0.39 is 11.1 Å². The van der Waals surface area contributed by atoms with Gasteiger partial charge in [0.2, 0.25) is 0 Å². The summed E-state index contributed by atoms with van der Waals surface area (Å²) in [6, 6.07) is 28.5. The standard InChI is InChI=1S/C27H26ClNO/c1-2-17-27(23-9-5-3-6-10-23,24-11-7-4-8-12-24)29-20-18-26(30,19-21-29)22-13-15-25(28)16-14-22/h1,3-16,30H,17-21H2. The molecule has 3 aromatic carbocycles. The van der Waals surface area contributed by atoms with E-state index in [-0.39, 0.29) is 0 Å². The van der Waals surface area contributed by atoms with Crippen LogP contribution in [0.1, 0.15) is 36.0 Å². The Hall–Kier alpha value is -2.57.